The van der Waals surface area contributed by atoms with E-state index in [9.17, 15) is 9.59 Å². The maximum atomic E-state index is 12.3. The number of rotatable bonds is 5. The number of fused-ring (bicyclic) bond motifs is 1. The van der Waals surface area contributed by atoms with Crippen molar-refractivity contribution in [3.63, 3.8) is 0 Å². The van der Waals surface area contributed by atoms with Crippen molar-refractivity contribution < 1.29 is 9.59 Å². The zero-order valence-corrected chi connectivity index (χ0v) is 18.1. The molecule has 31 heavy (non-hydrogen) atoms. The number of hydrogen-bond acceptors (Lipinski definition) is 5. The Kier molecular flexibility index (Phi) is 6.39. The van der Waals surface area contributed by atoms with Gasteiger partial charge in [0.2, 0.25) is 0 Å². The molecule has 0 aliphatic carbocycles. The Labute approximate surface area is 185 Å². The Morgan fingerprint density at radius 2 is 1.77 bits per heavy atom. The van der Waals surface area contributed by atoms with Gasteiger partial charge in [0.05, 0.1) is 0 Å². The molecule has 1 aromatic carbocycles. The van der Waals surface area contributed by atoms with E-state index in [1.165, 1.54) is 0 Å². The van der Waals surface area contributed by atoms with E-state index in [1.54, 1.807) is 12.3 Å². The molecular weight excluding hydrogens is 416 g/mol. The molecule has 0 atom stereocenters. The highest BCUT2D eigenvalue weighted by Gasteiger charge is 2.20. The van der Waals surface area contributed by atoms with Crippen LogP contribution in [-0.2, 0) is 22.7 Å². The molecule has 2 N–H and O–H groups in total. The number of carbonyl (C=O) groups excluding carboxylic acids is 2. The lowest BCUT2D eigenvalue weighted by molar-refractivity contribution is -0.139. The number of likely N-dealkylation sites (N-methyl/N-ethyl adjacent to an activating group) is 1. The largest absolute Gasteiger partial charge is 0.369 e. The van der Waals surface area contributed by atoms with Crippen LogP contribution in [0.2, 0.25) is 5.02 Å². The molecule has 1 fully saturated rings. The summed E-state index contributed by atoms with van der Waals surface area (Å²) < 4.78 is 1.87. The van der Waals surface area contributed by atoms with E-state index in [2.05, 4.69) is 32.5 Å². The quantitative estimate of drug-likeness (QED) is 0.590. The second-order valence-corrected chi connectivity index (χ2v) is 8.03. The van der Waals surface area contributed by atoms with E-state index < -0.39 is 11.8 Å². The lowest BCUT2D eigenvalue weighted by Crippen LogP contribution is -2.45. The number of halogens is 1. The fourth-order valence-electron chi connectivity index (χ4n) is 3.64. The third kappa shape index (κ3) is 4.98. The number of imidazole rings is 1. The van der Waals surface area contributed by atoms with Gasteiger partial charge in [-0.15, -0.1) is 0 Å². The molecule has 0 bridgehead atoms. The summed E-state index contributed by atoms with van der Waals surface area (Å²) in [6.45, 7) is 4.14. The number of hydrogen-bond donors (Lipinski definition) is 2. The number of pyridine rings is 1. The fourth-order valence-corrected chi connectivity index (χ4v) is 3.88. The van der Waals surface area contributed by atoms with Gasteiger partial charge in [-0.3, -0.25) is 9.59 Å². The van der Waals surface area contributed by atoms with Crippen LogP contribution in [0.5, 0.6) is 0 Å². The fraction of sp³-hybridized carbons (Fsp3) is 0.318. The number of benzene rings is 1. The van der Waals surface area contributed by atoms with Gasteiger partial charge in [-0.05, 0) is 36.9 Å². The van der Waals surface area contributed by atoms with Crippen molar-refractivity contribution in [2.24, 2.45) is 0 Å². The summed E-state index contributed by atoms with van der Waals surface area (Å²) in [6.07, 6.45) is 5.41. The summed E-state index contributed by atoms with van der Waals surface area (Å²) in [5, 5.41) is 5.93. The van der Waals surface area contributed by atoms with Gasteiger partial charge < -0.3 is 24.8 Å². The standard InChI is InChI=1S/C22H25ClN6O2/c1-27-9-11-28(12-10-27)19-4-2-3-18(23)17(19)15-26-22(31)21(30)25-14-16-5-7-29-8-6-24-20(29)13-16/h2-8,13H,9-12,14-15H2,1H3,(H,25,30)(H,26,31). The van der Waals surface area contributed by atoms with E-state index in [-0.39, 0.29) is 13.1 Å². The van der Waals surface area contributed by atoms with E-state index in [0.717, 1.165) is 48.6 Å². The first-order chi connectivity index (χ1) is 15.0. The molecule has 0 unspecified atom stereocenters. The van der Waals surface area contributed by atoms with Crippen molar-refractivity contribution in [3.8, 4) is 0 Å². The van der Waals surface area contributed by atoms with Crippen LogP contribution in [0.25, 0.3) is 5.65 Å². The van der Waals surface area contributed by atoms with Gasteiger partial charge in [0, 0.05) is 74.1 Å². The van der Waals surface area contributed by atoms with Crippen LogP contribution in [0.15, 0.2) is 48.9 Å². The van der Waals surface area contributed by atoms with E-state index in [1.807, 2.05) is 41.1 Å². The second-order valence-electron chi connectivity index (χ2n) is 7.62. The van der Waals surface area contributed by atoms with Crippen LogP contribution in [0, 0.1) is 0 Å². The minimum absolute atomic E-state index is 0.188. The summed E-state index contributed by atoms with van der Waals surface area (Å²) in [4.78, 5) is 33.4. The first-order valence-electron chi connectivity index (χ1n) is 10.2. The molecule has 0 saturated carbocycles. The predicted molar refractivity (Wildman–Crippen MR) is 120 cm³/mol. The lowest BCUT2D eigenvalue weighted by atomic mass is 10.1. The average Bonchev–Trinajstić information content (AvgIpc) is 3.25. The van der Waals surface area contributed by atoms with Gasteiger partial charge >= 0.3 is 11.8 Å². The van der Waals surface area contributed by atoms with Gasteiger partial charge in [-0.1, -0.05) is 17.7 Å². The lowest BCUT2D eigenvalue weighted by Gasteiger charge is -2.35. The van der Waals surface area contributed by atoms with Crippen LogP contribution >= 0.6 is 11.6 Å². The summed E-state index contributed by atoms with van der Waals surface area (Å²) in [6, 6.07) is 9.45. The van der Waals surface area contributed by atoms with E-state index >= 15 is 0 Å². The summed E-state index contributed by atoms with van der Waals surface area (Å²) >= 11 is 6.42. The highest BCUT2D eigenvalue weighted by molar-refractivity contribution is 6.35. The Morgan fingerprint density at radius 3 is 2.55 bits per heavy atom. The molecule has 2 amide bonds. The Balaban J connectivity index is 1.35. The molecule has 162 valence electrons. The van der Waals surface area contributed by atoms with Gasteiger partial charge in [0.15, 0.2) is 0 Å². The molecule has 1 aliphatic heterocycles. The zero-order valence-electron chi connectivity index (χ0n) is 17.3. The topological polar surface area (TPSA) is 82.0 Å². The van der Waals surface area contributed by atoms with Crippen LogP contribution in [0.4, 0.5) is 5.69 Å². The molecule has 0 spiro atoms. The minimum Gasteiger partial charge on any atom is -0.369 e. The molecule has 0 radical (unpaired) electrons. The summed E-state index contributed by atoms with van der Waals surface area (Å²) in [7, 11) is 2.10. The molecule has 1 saturated heterocycles. The van der Waals surface area contributed by atoms with Crippen molar-refractivity contribution in [3.05, 3.63) is 65.1 Å². The first kappa shape index (κ1) is 21.1. The Bertz CT molecular complexity index is 1090. The number of aromatic nitrogens is 2. The second kappa shape index (κ2) is 9.36. The van der Waals surface area contributed by atoms with Crippen molar-refractivity contribution in [2.75, 3.05) is 38.1 Å². The molecule has 3 aromatic rings. The summed E-state index contributed by atoms with van der Waals surface area (Å²) in [5.74, 6) is -1.37. The molecule has 2 aromatic heterocycles. The monoisotopic (exact) mass is 440 g/mol. The van der Waals surface area contributed by atoms with E-state index in [4.69, 9.17) is 11.6 Å². The number of anilines is 1. The van der Waals surface area contributed by atoms with Crippen LogP contribution in [0.3, 0.4) is 0 Å². The van der Waals surface area contributed by atoms with Gasteiger partial charge in [0.1, 0.15) is 5.65 Å². The van der Waals surface area contributed by atoms with Crippen LogP contribution in [0.1, 0.15) is 11.1 Å². The normalized spacial score (nSPS) is 14.6. The maximum absolute atomic E-state index is 12.3. The smallest absolute Gasteiger partial charge is 0.309 e. The third-order valence-electron chi connectivity index (χ3n) is 5.49. The number of piperazine rings is 1. The summed E-state index contributed by atoms with van der Waals surface area (Å²) in [5.41, 5.74) is 3.46. The van der Waals surface area contributed by atoms with Gasteiger partial charge in [-0.2, -0.15) is 0 Å². The predicted octanol–water partition coefficient (Wildman–Crippen LogP) is 1.67. The van der Waals surface area contributed by atoms with Crippen LogP contribution < -0.4 is 15.5 Å². The number of carbonyl (C=O) groups is 2. The molecule has 4 rings (SSSR count). The van der Waals surface area contributed by atoms with Crippen molar-refractivity contribution in [1.29, 1.82) is 0 Å². The first-order valence-corrected chi connectivity index (χ1v) is 10.6. The van der Waals surface area contributed by atoms with Gasteiger partial charge in [-0.25, -0.2) is 4.98 Å². The van der Waals surface area contributed by atoms with Crippen molar-refractivity contribution >= 4 is 34.7 Å². The zero-order chi connectivity index (χ0) is 21.8. The molecule has 8 nitrogen and oxygen atoms in total. The van der Waals surface area contributed by atoms with Crippen molar-refractivity contribution in [1.82, 2.24) is 24.9 Å². The van der Waals surface area contributed by atoms with Crippen LogP contribution in [-0.4, -0.2) is 59.3 Å². The number of nitrogens with zero attached hydrogens (tertiary/aromatic N) is 4. The maximum Gasteiger partial charge on any atom is 0.309 e. The molecule has 9 heteroatoms. The molecule has 1 aliphatic rings. The minimum atomic E-state index is -0.689. The van der Waals surface area contributed by atoms with Crippen molar-refractivity contribution in [2.45, 2.75) is 13.1 Å². The molecule has 3 heterocycles. The van der Waals surface area contributed by atoms with E-state index in [0.29, 0.717) is 5.02 Å². The highest BCUT2D eigenvalue weighted by atomic mass is 35.5. The number of nitrogens with one attached hydrogen (secondary N) is 2. The molecular formula is C22H25ClN6O2. The SMILES string of the molecule is CN1CCN(c2cccc(Cl)c2CNC(=O)C(=O)NCc2ccn3ccnc3c2)CC1. The Hall–Kier alpha value is -3.10. The average molecular weight is 441 g/mol. The third-order valence-corrected chi connectivity index (χ3v) is 5.84. The number of amides is 2. The van der Waals surface area contributed by atoms with Gasteiger partial charge in [0.25, 0.3) is 0 Å². The Morgan fingerprint density at radius 1 is 1.03 bits per heavy atom. The highest BCUT2D eigenvalue weighted by Crippen LogP contribution is 2.28.